The second kappa shape index (κ2) is 5.98. The van der Waals surface area contributed by atoms with Gasteiger partial charge in [0.25, 0.3) is 0 Å². The van der Waals surface area contributed by atoms with Gasteiger partial charge < -0.3 is 10.6 Å². The monoisotopic (exact) mass is 347 g/mol. The predicted molar refractivity (Wildman–Crippen MR) is 75.6 cm³/mol. The Labute approximate surface area is 120 Å². The molecular weight excluding hydrogens is 334 g/mol. The number of aromatic nitrogens is 1. The molecule has 104 valence electrons. The van der Waals surface area contributed by atoms with E-state index in [9.17, 15) is 13.2 Å². The molecule has 2 heterocycles. The van der Waals surface area contributed by atoms with Crippen LogP contribution in [0, 0.1) is 0 Å². The van der Waals surface area contributed by atoms with Gasteiger partial charge in [0.1, 0.15) is 0 Å². The molecule has 2 rings (SSSR count). The first-order valence-corrected chi connectivity index (χ1v) is 8.41. The van der Waals surface area contributed by atoms with Gasteiger partial charge >= 0.3 is 0 Å². The van der Waals surface area contributed by atoms with Gasteiger partial charge in [-0.2, -0.15) is 0 Å². The first-order valence-electron chi connectivity index (χ1n) is 5.79. The maximum atomic E-state index is 11.9. The van der Waals surface area contributed by atoms with E-state index < -0.39 is 9.84 Å². The van der Waals surface area contributed by atoms with E-state index in [2.05, 4.69) is 31.5 Å². The number of anilines is 1. The second-order valence-corrected chi connectivity index (χ2v) is 7.46. The summed E-state index contributed by atoms with van der Waals surface area (Å²) in [5.41, 5.74) is 0.624. The van der Waals surface area contributed by atoms with Crippen LogP contribution in [0.4, 0.5) is 5.69 Å². The molecule has 6 nitrogen and oxygen atoms in total. The summed E-state index contributed by atoms with van der Waals surface area (Å²) < 4.78 is 23.6. The SMILES string of the molecule is O=C(CC1CS(=O)(=O)CCN1)Nc1ccncc1Br. The average molecular weight is 348 g/mol. The fraction of sp³-hybridized carbons (Fsp3) is 0.455. The van der Waals surface area contributed by atoms with Crippen LogP contribution in [0.15, 0.2) is 22.9 Å². The van der Waals surface area contributed by atoms with Gasteiger partial charge in [0.15, 0.2) is 9.84 Å². The fourth-order valence-electron chi connectivity index (χ4n) is 1.90. The average Bonchev–Trinajstić information content (AvgIpc) is 2.30. The Bertz CT molecular complexity index is 576. The van der Waals surface area contributed by atoms with Crippen molar-refractivity contribution in [3.8, 4) is 0 Å². The van der Waals surface area contributed by atoms with Crippen molar-refractivity contribution in [2.45, 2.75) is 12.5 Å². The Morgan fingerprint density at radius 3 is 3.05 bits per heavy atom. The zero-order valence-corrected chi connectivity index (χ0v) is 12.5. The summed E-state index contributed by atoms with van der Waals surface area (Å²) in [4.78, 5) is 15.8. The Morgan fingerprint density at radius 2 is 2.37 bits per heavy atom. The number of pyridine rings is 1. The van der Waals surface area contributed by atoms with Gasteiger partial charge in [-0.3, -0.25) is 9.78 Å². The van der Waals surface area contributed by atoms with Crippen molar-refractivity contribution in [3.63, 3.8) is 0 Å². The van der Waals surface area contributed by atoms with Crippen LogP contribution < -0.4 is 10.6 Å². The van der Waals surface area contributed by atoms with Gasteiger partial charge in [-0.15, -0.1) is 0 Å². The second-order valence-electron chi connectivity index (χ2n) is 4.37. The van der Waals surface area contributed by atoms with E-state index in [0.29, 0.717) is 16.7 Å². The summed E-state index contributed by atoms with van der Waals surface area (Å²) in [6, 6.07) is 1.35. The highest BCUT2D eigenvalue weighted by molar-refractivity contribution is 9.10. The third-order valence-corrected chi connectivity index (χ3v) is 5.15. The van der Waals surface area contributed by atoms with E-state index in [4.69, 9.17) is 0 Å². The third kappa shape index (κ3) is 4.26. The van der Waals surface area contributed by atoms with Crippen molar-refractivity contribution in [1.29, 1.82) is 0 Å². The number of carbonyl (C=O) groups is 1. The molecule has 0 bridgehead atoms. The molecule has 0 aliphatic carbocycles. The van der Waals surface area contributed by atoms with E-state index in [0.717, 1.165) is 0 Å². The van der Waals surface area contributed by atoms with Crippen molar-refractivity contribution in [2.24, 2.45) is 0 Å². The molecule has 0 spiro atoms. The predicted octanol–water partition coefficient (Wildman–Crippen LogP) is 0.559. The third-order valence-electron chi connectivity index (χ3n) is 2.78. The first-order chi connectivity index (χ1) is 8.96. The van der Waals surface area contributed by atoms with Gasteiger partial charge in [-0.05, 0) is 22.0 Å². The number of rotatable bonds is 3. The lowest BCUT2D eigenvalue weighted by Gasteiger charge is -2.23. The molecule has 19 heavy (non-hydrogen) atoms. The van der Waals surface area contributed by atoms with Crippen molar-refractivity contribution in [1.82, 2.24) is 10.3 Å². The van der Waals surface area contributed by atoms with E-state index in [1.54, 1.807) is 18.5 Å². The summed E-state index contributed by atoms with van der Waals surface area (Å²) in [5.74, 6) is -0.0691. The molecule has 1 fully saturated rings. The minimum absolute atomic E-state index is 0.0118. The van der Waals surface area contributed by atoms with Crippen LogP contribution in [-0.2, 0) is 14.6 Å². The van der Waals surface area contributed by atoms with Gasteiger partial charge in [0.05, 0.1) is 21.7 Å². The maximum Gasteiger partial charge on any atom is 0.226 e. The van der Waals surface area contributed by atoms with E-state index in [1.807, 2.05) is 0 Å². The number of nitrogens with zero attached hydrogens (tertiary/aromatic N) is 1. The van der Waals surface area contributed by atoms with Crippen molar-refractivity contribution < 1.29 is 13.2 Å². The van der Waals surface area contributed by atoms with E-state index >= 15 is 0 Å². The largest absolute Gasteiger partial charge is 0.325 e. The summed E-state index contributed by atoms with van der Waals surface area (Å²) in [7, 11) is -3.02. The number of nitrogens with one attached hydrogen (secondary N) is 2. The number of hydrogen-bond acceptors (Lipinski definition) is 5. The first kappa shape index (κ1) is 14.4. The number of sulfone groups is 1. The van der Waals surface area contributed by atoms with Crippen molar-refractivity contribution in [2.75, 3.05) is 23.4 Å². The maximum absolute atomic E-state index is 11.9. The molecule has 0 radical (unpaired) electrons. The van der Waals surface area contributed by atoms with Crippen LogP contribution in [0.2, 0.25) is 0 Å². The number of hydrogen-bond donors (Lipinski definition) is 2. The van der Waals surface area contributed by atoms with Gasteiger partial charge in [-0.1, -0.05) is 0 Å². The fourth-order valence-corrected chi connectivity index (χ4v) is 3.69. The van der Waals surface area contributed by atoms with Crippen LogP contribution in [0.5, 0.6) is 0 Å². The van der Waals surface area contributed by atoms with Crippen LogP contribution in [0.3, 0.4) is 0 Å². The van der Waals surface area contributed by atoms with Crippen molar-refractivity contribution >= 4 is 37.4 Å². The number of halogens is 1. The Morgan fingerprint density at radius 1 is 1.58 bits per heavy atom. The molecule has 8 heteroatoms. The normalized spacial score (nSPS) is 21.8. The zero-order valence-electron chi connectivity index (χ0n) is 10.1. The zero-order chi connectivity index (χ0) is 13.9. The minimum Gasteiger partial charge on any atom is -0.325 e. The molecule has 0 saturated carbocycles. The topological polar surface area (TPSA) is 88.2 Å². The van der Waals surface area contributed by atoms with E-state index in [-0.39, 0.29) is 29.9 Å². The minimum atomic E-state index is -3.02. The molecule has 1 saturated heterocycles. The summed E-state index contributed by atoms with van der Waals surface area (Å²) in [6.07, 6.45) is 3.29. The summed E-state index contributed by atoms with van der Waals surface area (Å²) >= 11 is 3.28. The van der Waals surface area contributed by atoms with Crippen LogP contribution >= 0.6 is 15.9 Å². The lowest BCUT2D eigenvalue weighted by Crippen LogP contribution is -2.46. The molecule has 1 atom stereocenters. The van der Waals surface area contributed by atoms with Gasteiger partial charge in [-0.25, -0.2) is 8.42 Å². The molecule has 1 amide bonds. The standard InChI is InChI=1S/C11H14BrN3O3S/c12-9-6-13-2-1-10(9)15-11(16)5-8-7-19(17,18)4-3-14-8/h1-2,6,8,14H,3-5,7H2,(H,13,15,16). The summed E-state index contributed by atoms with van der Waals surface area (Å²) in [6.45, 7) is 0.402. The number of amides is 1. The molecule has 1 aliphatic heterocycles. The Balaban J connectivity index is 1.93. The summed E-state index contributed by atoms with van der Waals surface area (Å²) in [5, 5.41) is 5.77. The molecule has 1 aromatic heterocycles. The highest BCUT2D eigenvalue weighted by Gasteiger charge is 2.26. The highest BCUT2D eigenvalue weighted by Crippen LogP contribution is 2.20. The molecule has 1 aromatic rings. The lowest BCUT2D eigenvalue weighted by atomic mass is 10.2. The molecule has 1 aliphatic rings. The lowest BCUT2D eigenvalue weighted by molar-refractivity contribution is -0.116. The Kier molecular flexibility index (Phi) is 4.54. The van der Waals surface area contributed by atoms with E-state index in [1.165, 1.54) is 0 Å². The van der Waals surface area contributed by atoms with Gasteiger partial charge in [0.2, 0.25) is 5.91 Å². The van der Waals surface area contributed by atoms with Crippen LogP contribution in [0.25, 0.3) is 0 Å². The quantitative estimate of drug-likeness (QED) is 0.833. The van der Waals surface area contributed by atoms with Crippen LogP contribution in [0.1, 0.15) is 6.42 Å². The van der Waals surface area contributed by atoms with Crippen molar-refractivity contribution in [3.05, 3.63) is 22.9 Å². The highest BCUT2D eigenvalue weighted by atomic mass is 79.9. The molecule has 0 aromatic carbocycles. The molecular formula is C11H14BrN3O3S. The van der Waals surface area contributed by atoms with Crippen LogP contribution in [-0.4, -0.2) is 43.4 Å². The van der Waals surface area contributed by atoms with Gasteiger partial charge in [0, 0.05) is 31.4 Å². The molecule has 2 N–H and O–H groups in total. The number of carbonyl (C=O) groups excluding carboxylic acids is 1. The molecule has 1 unspecified atom stereocenters. The Hall–Kier alpha value is -0.990. The smallest absolute Gasteiger partial charge is 0.226 e.